The molecule has 3 rings (SSSR count). The molecule has 7 heteroatoms. The average Bonchev–Trinajstić information content (AvgIpc) is 3.07. The lowest BCUT2D eigenvalue weighted by Gasteiger charge is -2.11. The highest BCUT2D eigenvalue weighted by molar-refractivity contribution is 9.10. The summed E-state index contributed by atoms with van der Waals surface area (Å²) in [7, 11) is 1.57. The van der Waals surface area contributed by atoms with E-state index in [1.54, 1.807) is 25.3 Å². The van der Waals surface area contributed by atoms with Gasteiger partial charge in [-0.15, -0.1) is 0 Å². The van der Waals surface area contributed by atoms with Crippen molar-refractivity contribution in [3.8, 4) is 11.5 Å². The van der Waals surface area contributed by atoms with E-state index in [0.717, 1.165) is 32.6 Å². The molecule has 0 amide bonds. The highest BCUT2D eigenvalue weighted by atomic mass is 79.9. The van der Waals surface area contributed by atoms with Crippen molar-refractivity contribution in [3.63, 3.8) is 0 Å². The first-order chi connectivity index (χ1) is 14.5. The Morgan fingerprint density at radius 1 is 1.10 bits per heavy atom. The second-order valence-electron chi connectivity index (χ2n) is 6.57. The Kier molecular flexibility index (Phi) is 7.30. The number of esters is 1. The van der Waals surface area contributed by atoms with Gasteiger partial charge in [-0.3, -0.25) is 0 Å². The van der Waals surface area contributed by atoms with Crippen LogP contribution in [0.15, 0.2) is 57.5 Å². The number of carbonyl (C=O) groups excluding carboxylic acids is 1. The second kappa shape index (κ2) is 10.1. The minimum absolute atomic E-state index is 0.217. The Labute approximate surface area is 183 Å². The standard InChI is InChI=1S/C23H22BrNO5/c1-15-20(16(2)30-25-15)14-28-21-10-6-17(12-22(21)27-3)7-11-23(26)29-13-18-4-8-19(24)9-5-18/h4-12H,13-14H2,1-3H3/b11-7+. The van der Waals surface area contributed by atoms with Gasteiger partial charge in [0.2, 0.25) is 0 Å². The van der Waals surface area contributed by atoms with E-state index < -0.39 is 5.97 Å². The van der Waals surface area contributed by atoms with Crippen LogP contribution < -0.4 is 9.47 Å². The Morgan fingerprint density at radius 2 is 1.87 bits per heavy atom. The normalized spacial score (nSPS) is 10.9. The molecule has 2 aromatic carbocycles. The summed E-state index contributed by atoms with van der Waals surface area (Å²) in [6.07, 6.45) is 3.06. The number of hydrogen-bond acceptors (Lipinski definition) is 6. The molecule has 1 aromatic heterocycles. The summed E-state index contributed by atoms with van der Waals surface area (Å²) < 4.78 is 22.7. The van der Waals surface area contributed by atoms with Crippen molar-refractivity contribution in [1.29, 1.82) is 0 Å². The summed E-state index contributed by atoms with van der Waals surface area (Å²) >= 11 is 3.37. The van der Waals surface area contributed by atoms with Gasteiger partial charge in [0.25, 0.3) is 0 Å². The van der Waals surface area contributed by atoms with Gasteiger partial charge in [-0.05, 0) is 55.3 Å². The first-order valence-electron chi connectivity index (χ1n) is 9.28. The van der Waals surface area contributed by atoms with E-state index in [1.807, 2.05) is 44.2 Å². The van der Waals surface area contributed by atoms with Crippen molar-refractivity contribution in [2.24, 2.45) is 0 Å². The minimum Gasteiger partial charge on any atom is -0.493 e. The molecule has 6 nitrogen and oxygen atoms in total. The molecule has 156 valence electrons. The van der Waals surface area contributed by atoms with Gasteiger partial charge in [0.1, 0.15) is 19.0 Å². The maximum absolute atomic E-state index is 12.0. The molecule has 0 fully saturated rings. The molecular weight excluding hydrogens is 450 g/mol. The van der Waals surface area contributed by atoms with E-state index >= 15 is 0 Å². The molecular formula is C23H22BrNO5. The zero-order valence-electron chi connectivity index (χ0n) is 17.0. The summed E-state index contributed by atoms with van der Waals surface area (Å²) in [6, 6.07) is 13.0. The van der Waals surface area contributed by atoms with E-state index in [-0.39, 0.29) is 6.61 Å². The maximum atomic E-state index is 12.0. The zero-order valence-corrected chi connectivity index (χ0v) is 18.6. The van der Waals surface area contributed by atoms with Gasteiger partial charge in [0.15, 0.2) is 11.5 Å². The number of benzene rings is 2. The topological polar surface area (TPSA) is 70.8 Å². The van der Waals surface area contributed by atoms with Crippen LogP contribution in [0.4, 0.5) is 0 Å². The number of carbonyl (C=O) groups is 1. The summed E-state index contributed by atoms with van der Waals surface area (Å²) in [6.45, 7) is 4.26. The fourth-order valence-electron chi connectivity index (χ4n) is 2.71. The van der Waals surface area contributed by atoms with E-state index in [0.29, 0.717) is 18.1 Å². The third-order valence-corrected chi connectivity index (χ3v) is 4.98. The van der Waals surface area contributed by atoms with Crippen molar-refractivity contribution in [2.45, 2.75) is 27.1 Å². The Balaban J connectivity index is 1.59. The number of methoxy groups -OCH3 is 1. The number of rotatable bonds is 8. The predicted molar refractivity (Wildman–Crippen MR) is 116 cm³/mol. The number of nitrogens with zero attached hydrogens (tertiary/aromatic N) is 1. The Hall–Kier alpha value is -3.06. The maximum Gasteiger partial charge on any atom is 0.331 e. The van der Waals surface area contributed by atoms with Gasteiger partial charge in [-0.25, -0.2) is 4.79 Å². The van der Waals surface area contributed by atoms with Crippen LogP contribution >= 0.6 is 15.9 Å². The molecule has 0 bridgehead atoms. The summed E-state index contributed by atoms with van der Waals surface area (Å²) in [5.74, 6) is 1.46. The molecule has 1 heterocycles. The molecule has 0 spiro atoms. The quantitative estimate of drug-likeness (QED) is 0.323. The van der Waals surface area contributed by atoms with E-state index in [4.69, 9.17) is 18.7 Å². The van der Waals surface area contributed by atoms with Crippen LogP contribution in [-0.4, -0.2) is 18.2 Å². The van der Waals surface area contributed by atoms with Gasteiger partial charge in [-0.1, -0.05) is 39.3 Å². The molecule has 0 saturated carbocycles. The van der Waals surface area contributed by atoms with Crippen molar-refractivity contribution in [3.05, 3.63) is 81.2 Å². The van der Waals surface area contributed by atoms with E-state index in [9.17, 15) is 4.79 Å². The van der Waals surface area contributed by atoms with Crippen LogP contribution in [-0.2, 0) is 22.7 Å². The summed E-state index contributed by atoms with van der Waals surface area (Å²) in [5, 5.41) is 3.92. The monoisotopic (exact) mass is 471 g/mol. The van der Waals surface area contributed by atoms with Gasteiger partial charge in [-0.2, -0.15) is 0 Å². The highest BCUT2D eigenvalue weighted by Gasteiger charge is 2.12. The second-order valence-corrected chi connectivity index (χ2v) is 7.48. The van der Waals surface area contributed by atoms with Gasteiger partial charge in [0, 0.05) is 10.5 Å². The largest absolute Gasteiger partial charge is 0.493 e. The molecule has 0 saturated heterocycles. The summed E-state index contributed by atoms with van der Waals surface area (Å²) in [5.41, 5.74) is 3.42. The third-order valence-electron chi connectivity index (χ3n) is 4.45. The number of aryl methyl sites for hydroxylation is 2. The Morgan fingerprint density at radius 3 is 2.53 bits per heavy atom. The van der Waals surface area contributed by atoms with Crippen LogP contribution in [0.1, 0.15) is 28.1 Å². The number of halogens is 1. The van der Waals surface area contributed by atoms with E-state index in [1.165, 1.54) is 6.08 Å². The summed E-state index contributed by atoms with van der Waals surface area (Å²) in [4.78, 5) is 12.0. The van der Waals surface area contributed by atoms with Gasteiger partial charge in [0.05, 0.1) is 18.4 Å². The first kappa shape index (κ1) is 21.6. The highest BCUT2D eigenvalue weighted by Crippen LogP contribution is 2.30. The van der Waals surface area contributed by atoms with Crippen LogP contribution in [0.5, 0.6) is 11.5 Å². The first-order valence-corrected chi connectivity index (χ1v) is 10.1. The smallest absolute Gasteiger partial charge is 0.331 e. The van der Waals surface area contributed by atoms with Crippen molar-refractivity contribution < 1.29 is 23.5 Å². The molecule has 0 N–H and O–H groups in total. The van der Waals surface area contributed by atoms with Crippen LogP contribution in [0, 0.1) is 13.8 Å². The number of ether oxygens (including phenoxy) is 3. The third kappa shape index (κ3) is 5.73. The molecule has 0 aliphatic carbocycles. The van der Waals surface area contributed by atoms with E-state index in [2.05, 4.69) is 21.1 Å². The van der Waals surface area contributed by atoms with Crippen LogP contribution in [0.25, 0.3) is 6.08 Å². The van der Waals surface area contributed by atoms with Gasteiger partial charge < -0.3 is 18.7 Å². The number of hydrogen-bond donors (Lipinski definition) is 0. The van der Waals surface area contributed by atoms with Crippen molar-refractivity contribution >= 4 is 28.0 Å². The van der Waals surface area contributed by atoms with Crippen molar-refractivity contribution in [2.75, 3.05) is 7.11 Å². The van der Waals surface area contributed by atoms with Gasteiger partial charge >= 0.3 is 5.97 Å². The predicted octanol–water partition coefficient (Wildman–Crippen LogP) is 5.40. The molecule has 3 aromatic rings. The molecule has 0 unspecified atom stereocenters. The SMILES string of the molecule is COc1cc(/C=C/C(=O)OCc2ccc(Br)cc2)ccc1OCc1c(C)noc1C. The van der Waals surface area contributed by atoms with Crippen LogP contribution in [0.2, 0.25) is 0 Å². The lowest BCUT2D eigenvalue weighted by molar-refractivity contribution is -0.138. The van der Waals surface area contributed by atoms with Crippen molar-refractivity contribution in [1.82, 2.24) is 5.16 Å². The average molecular weight is 472 g/mol. The fourth-order valence-corrected chi connectivity index (χ4v) is 2.98. The lowest BCUT2D eigenvalue weighted by atomic mass is 10.2. The Bertz CT molecular complexity index is 1020. The molecule has 30 heavy (non-hydrogen) atoms. The minimum atomic E-state index is -0.421. The fraction of sp³-hybridized carbons (Fsp3) is 0.217. The molecule has 0 radical (unpaired) electrons. The molecule has 0 aliphatic heterocycles. The number of aromatic nitrogens is 1. The molecule has 0 atom stereocenters. The zero-order chi connectivity index (χ0) is 21.5. The lowest BCUT2D eigenvalue weighted by Crippen LogP contribution is -2.01. The molecule has 0 aliphatic rings. The van der Waals surface area contributed by atoms with Crippen LogP contribution in [0.3, 0.4) is 0 Å².